The molecule has 1 aromatic rings. The Labute approximate surface area is 104 Å². The number of halogens is 3. The summed E-state index contributed by atoms with van der Waals surface area (Å²) < 4.78 is 4.50. The van der Waals surface area contributed by atoms with Crippen molar-refractivity contribution in [1.29, 1.82) is 0 Å². The molecule has 0 fully saturated rings. The van der Waals surface area contributed by atoms with E-state index in [4.69, 9.17) is 28.9 Å². The molecule has 0 heterocycles. The summed E-state index contributed by atoms with van der Waals surface area (Å²) in [7, 11) is 1.27. The Morgan fingerprint density at radius 3 is 2.53 bits per heavy atom. The second-order valence-electron chi connectivity index (χ2n) is 2.67. The van der Waals surface area contributed by atoms with Crippen molar-refractivity contribution in [3.05, 3.63) is 33.8 Å². The number of hydrogen-bond donors (Lipinski definition) is 1. The summed E-state index contributed by atoms with van der Waals surface area (Å²) in [6, 6.07) is 3.88. The van der Waals surface area contributed by atoms with Gasteiger partial charge in [-0.3, -0.25) is 4.79 Å². The zero-order chi connectivity index (χ0) is 10.7. The Kier molecular flexibility index (Phi) is 5.98. The molecule has 0 bridgehead atoms. The van der Waals surface area contributed by atoms with Crippen molar-refractivity contribution in [3.63, 3.8) is 0 Å². The minimum Gasteiger partial charge on any atom is -0.468 e. The van der Waals surface area contributed by atoms with Crippen LogP contribution in [0.25, 0.3) is 0 Å². The molecule has 1 rings (SSSR count). The molecule has 0 amide bonds. The predicted octanol–water partition coefficient (Wildman–Crippen LogP) is 2.59. The molecule has 0 saturated heterocycles. The van der Waals surface area contributed by atoms with Gasteiger partial charge in [0.15, 0.2) is 0 Å². The van der Waals surface area contributed by atoms with Crippen LogP contribution in [0.4, 0.5) is 0 Å². The zero-order valence-corrected chi connectivity index (χ0v) is 10.2. The highest BCUT2D eigenvalue weighted by atomic mass is 35.5. The number of carbonyl (C=O) groups excluding carboxylic acids is 1. The smallest absolute Gasteiger partial charge is 0.327 e. The van der Waals surface area contributed by atoms with Crippen LogP contribution in [0.15, 0.2) is 18.2 Å². The molecule has 0 aromatic heterocycles. The van der Waals surface area contributed by atoms with Crippen LogP contribution in [0.2, 0.25) is 10.0 Å². The Morgan fingerprint density at radius 1 is 1.47 bits per heavy atom. The van der Waals surface area contributed by atoms with Gasteiger partial charge in [-0.25, -0.2) is 0 Å². The second-order valence-corrected chi connectivity index (χ2v) is 3.51. The third kappa shape index (κ3) is 3.54. The Bertz CT molecular complexity index is 357. The maximum atomic E-state index is 11.1. The maximum absolute atomic E-state index is 11.1. The second kappa shape index (κ2) is 6.18. The van der Waals surface area contributed by atoms with Gasteiger partial charge in [0.2, 0.25) is 0 Å². The molecule has 1 unspecified atom stereocenters. The summed E-state index contributed by atoms with van der Waals surface area (Å²) in [5.74, 6) is -0.533. The van der Waals surface area contributed by atoms with Crippen LogP contribution in [-0.2, 0) is 9.53 Å². The van der Waals surface area contributed by atoms with Crippen molar-refractivity contribution in [2.75, 3.05) is 7.11 Å². The van der Waals surface area contributed by atoms with Crippen LogP contribution in [0, 0.1) is 0 Å². The fourth-order valence-electron chi connectivity index (χ4n) is 1.01. The summed E-state index contributed by atoms with van der Waals surface area (Å²) in [5, 5.41) is 0.853. The van der Waals surface area contributed by atoms with Gasteiger partial charge in [0.05, 0.1) is 7.11 Å². The first-order valence-corrected chi connectivity index (χ1v) is 4.60. The van der Waals surface area contributed by atoms with E-state index in [0.29, 0.717) is 15.6 Å². The maximum Gasteiger partial charge on any atom is 0.327 e. The number of nitrogens with two attached hydrogens (primary N) is 1. The number of hydrogen-bond acceptors (Lipinski definition) is 3. The standard InChI is InChI=1S/C9H9Cl2NO2.ClH/c1-14-9(13)8(12)6-3-2-5(10)4-7(6)11;/h2-4,8H,12H2,1H3;1H. The first-order chi connectivity index (χ1) is 6.56. The quantitative estimate of drug-likeness (QED) is 0.841. The normalized spacial score (nSPS) is 11.5. The topological polar surface area (TPSA) is 52.3 Å². The van der Waals surface area contributed by atoms with Crippen LogP contribution < -0.4 is 5.73 Å². The highest BCUT2D eigenvalue weighted by Gasteiger charge is 2.18. The number of methoxy groups -OCH3 is 1. The highest BCUT2D eigenvalue weighted by molar-refractivity contribution is 6.35. The first kappa shape index (κ1) is 14.5. The third-order valence-electron chi connectivity index (χ3n) is 1.75. The number of benzene rings is 1. The Balaban J connectivity index is 0.00000196. The largest absolute Gasteiger partial charge is 0.468 e. The molecule has 0 radical (unpaired) electrons. The van der Waals surface area contributed by atoms with Crippen molar-refractivity contribution in [2.24, 2.45) is 5.73 Å². The number of ether oxygens (including phenoxy) is 1. The lowest BCUT2D eigenvalue weighted by molar-refractivity contribution is -0.142. The Morgan fingerprint density at radius 2 is 2.07 bits per heavy atom. The molecule has 1 atom stereocenters. The lowest BCUT2D eigenvalue weighted by Crippen LogP contribution is -2.22. The summed E-state index contributed by atoms with van der Waals surface area (Å²) in [4.78, 5) is 11.1. The molecular formula is C9H10Cl3NO2. The molecular weight excluding hydrogens is 260 g/mol. The van der Waals surface area contributed by atoms with E-state index in [1.807, 2.05) is 0 Å². The third-order valence-corrected chi connectivity index (χ3v) is 2.32. The van der Waals surface area contributed by atoms with Gasteiger partial charge in [-0.05, 0) is 17.7 Å². The number of esters is 1. The van der Waals surface area contributed by atoms with E-state index in [2.05, 4.69) is 4.74 Å². The molecule has 0 saturated carbocycles. The van der Waals surface area contributed by atoms with Gasteiger partial charge >= 0.3 is 5.97 Å². The summed E-state index contributed by atoms with van der Waals surface area (Å²) in [6.45, 7) is 0. The molecule has 1 aromatic carbocycles. The van der Waals surface area contributed by atoms with Crippen molar-refractivity contribution in [1.82, 2.24) is 0 Å². The molecule has 3 nitrogen and oxygen atoms in total. The summed E-state index contributed by atoms with van der Waals surface area (Å²) in [6.07, 6.45) is 0. The van der Waals surface area contributed by atoms with Gasteiger partial charge in [-0.1, -0.05) is 29.3 Å². The van der Waals surface area contributed by atoms with Gasteiger partial charge in [0.25, 0.3) is 0 Å². The van der Waals surface area contributed by atoms with Gasteiger partial charge in [0, 0.05) is 10.0 Å². The van der Waals surface area contributed by atoms with E-state index in [1.54, 1.807) is 12.1 Å². The summed E-state index contributed by atoms with van der Waals surface area (Å²) >= 11 is 11.5. The van der Waals surface area contributed by atoms with Crippen molar-refractivity contribution in [3.8, 4) is 0 Å². The average Bonchev–Trinajstić information content (AvgIpc) is 2.15. The van der Waals surface area contributed by atoms with Crippen LogP contribution in [-0.4, -0.2) is 13.1 Å². The van der Waals surface area contributed by atoms with Crippen LogP contribution in [0.5, 0.6) is 0 Å². The van der Waals surface area contributed by atoms with Gasteiger partial charge < -0.3 is 10.5 Å². The Hall–Kier alpha value is -0.480. The summed E-state index contributed by atoms with van der Waals surface area (Å²) in [5.41, 5.74) is 6.10. The fraction of sp³-hybridized carbons (Fsp3) is 0.222. The molecule has 15 heavy (non-hydrogen) atoms. The lowest BCUT2D eigenvalue weighted by atomic mass is 10.1. The molecule has 0 aliphatic heterocycles. The van der Waals surface area contributed by atoms with Crippen molar-refractivity contribution in [2.45, 2.75) is 6.04 Å². The fourth-order valence-corrected chi connectivity index (χ4v) is 1.53. The van der Waals surface area contributed by atoms with Crippen molar-refractivity contribution >= 4 is 41.6 Å². The molecule has 6 heteroatoms. The number of carbonyl (C=O) groups is 1. The predicted molar refractivity (Wildman–Crippen MR) is 62.7 cm³/mol. The highest BCUT2D eigenvalue weighted by Crippen LogP contribution is 2.25. The molecule has 0 aliphatic rings. The van der Waals surface area contributed by atoms with E-state index in [1.165, 1.54) is 13.2 Å². The van der Waals surface area contributed by atoms with E-state index < -0.39 is 12.0 Å². The van der Waals surface area contributed by atoms with E-state index >= 15 is 0 Å². The number of rotatable bonds is 2. The van der Waals surface area contributed by atoms with Gasteiger partial charge in [0.1, 0.15) is 6.04 Å². The van der Waals surface area contributed by atoms with Gasteiger partial charge in [-0.15, -0.1) is 12.4 Å². The molecule has 0 aliphatic carbocycles. The van der Waals surface area contributed by atoms with Crippen LogP contribution >= 0.6 is 35.6 Å². The minimum absolute atomic E-state index is 0. The minimum atomic E-state index is -0.871. The van der Waals surface area contributed by atoms with E-state index in [9.17, 15) is 4.79 Å². The zero-order valence-electron chi connectivity index (χ0n) is 7.87. The monoisotopic (exact) mass is 269 g/mol. The van der Waals surface area contributed by atoms with Crippen LogP contribution in [0.1, 0.15) is 11.6 Å². The van der Waals surface area contributed by atoms with Crippen LogP contribution in [0.3, 0.4) is 0 Å². The van der Waals surface area contributed by atoms with Crippen molar-refractivity contribution < 1.29 is 9.53 Å². The van der Waals surface area contributed by atoms with E-state index in [-0.39, 0.29) is 12.4 Å². The lowest BCUT2D eigenvalue weighted by Gasteiger charge is -2.11. The van der Waals surface area contributed by atoms with E-state index in [0.717, 1.165) is 0 Å². The first-order valence-electron chi connectivity index (χ1n) is 3.84. The molecule has 84 valence electrons. The molecule has 0 spiro atoms. The average molecular weight is 271 g/mol. The van der Waals surface area contributed by atoms with Gasteiger partial charge in [-0.2, -0.15) is 0 Å². The SMILES string of the molecule is COC(=O)C(N)c1ccc(Cl)cc1Cl.Cl. The molecule has 2 N–H and O–H groups in total.